The van der Waals surface area contributed by atoms with Crippen LogP contribution in [0.15, 0.2) is 5.16 Å². The summed E-state index contributed by atoms with van der Waals surface area (Å²) in [6.07, 6.45) is -0.994. The molecule has 0 heterocycles. The number of oxime groups is 1. The summed E-state index contributed by atoms with van der Waals surface area (Å²) < 4.78 is 21.9. The van der Waals surface area contributed by atoms with Crippen molar-refractivity contribution in [3.05, 3.63) is 0 Å². The maximum Gasteiger partial charge on any atom is 0.472 e. The molecule has 27 heavy (non-hydrogen) atoms. The highest BCUT2D eigenvalue weighted by atomic mass is 31.2. The quantitative estimate of drug-likeness (QED) is 0.271. The van der Waals surface area contributed by atoms with Gasteiger partial charge in [0.05, 0.1) is 17.9 Å². The number of hydrogen-bond acceptors (Lipinski definition) is 7. The molecule has 0 aliphatic rings. The lowest BCUT2D eigenvalue weighted by Gasteiger charge is -2.31. The van der Waals surface area contributed by atoms with Gasteiger partial charge in [-0.1, -0.05) is 19.0 Å². The van der Waals surface area contributed by atoms with Crippen molar-refractivity contribution in [2.75, 3.05) is 13.2 Å². The smallest absolute Gasteiger partial charge is 0.393 e. The number of aliphatic hydroxyl groups excluding tert-OH is 1. The second-order valence-electron chi connectivity index (χ2n) is 8.36. The fourth-order valence-electron chi connectivity index (χ4n) is 1.76. The maximum atomic E-state index is 12.1. The molecule has 0 fully saturated rings. The number of phosphoric ester groups is 1. The Balaban J connectivity index is 4.55. The molecule has 1 unspecified atom stereocenters. The van der Waals surface area contributed by atoms with Crippen LogP contribution >= 0.6 is 7.82 Å². The molecule has 10 heteroatoms. The number of carbonyl (C=O) groups excluding carboxylic acids is 1. The van der Waals surface area contributed by atoms with Crippen LogP contribution in [0, 0.1) is 5.41 Å². The predicted octanol–water partition coefficient (Wildman–Crippen LogP) is 2.61. The van der Waals surface area contributed by atoms with Crippen molar-refractivity contribution >= 4 is 19.4 Å². The van der Waals surface area contributed by atoms with Gasteiger partial charge in [-0.15, -0.1) is 0 Å². The molecule has 160 valence electrons. The maximum absolute atomic E-state index is 12.1. The Morgan fingerprint density at radius 3 is 2.26 bits per heavy atom. The van der Waals surface area contributed by atoms with Gasteiger partial charge in [0.25, 0.3) is 0 Å². The first-order chi connectivity index (χ1) is 12.1. The number of phosphoric acid groups is 1. The van der Waals surface area contributed by atoms with Gasteiger partial charge in [-0.05, 0) is 41.5 Å². The van der Waals surface area contributed by atoms with Crippen LogP contribution in [0.5, 0.6) is 0 Å². The first-order valence-corrected chi connectivity index (χ1v) is 10.4. The molecule has 3 N–H and O–H groups in total. The van der Waals surface area contributed by atoms with Crippen molar-refractivity contribution in [3.63, 3.8) is 0 Å². The highest BCUT2D eigenvalue weighted by Crippen LogP contribution is 2.48. The minimum absolute atomic E-state index is 0.0260. The third kappa shape index (κ3) is 12.2. The highest BCUT2D eigenvalue weighted by molar-refractivity contribution is 7.47. The molecule has 0 bridgehead atoms. The van der Waals surface area contributed by atoms with E-state index in [-0.39, 0.29) is 19.3 Å². The van der Waals surface area contributed by atoms with E-state index in [2.05, 4.69) is 10.5 Å². The van der Waals surface area contributed by atoms with Crippen LogP contribution in [0.1, 0.15) is 61.8 Å². The van der Waals surface area contributed by atoms with Gasteiger partial charge < -0.3 is 20.2 Å². The molecular formula is C17H35N2O7P. The van der Waals surface area contributed by atoms with Crippen LogP contribution in [-0.2, 0) is 23.2 Å². The van der Waals surface area contributed by atoms with Crippen molar-refractivity contribution in [3.8, 4) is 0 Å². The summed E-state index contributed by atoms with van der Waals surface area (Å²) in [5, 5.41) is 16.8. The standard InChI is InChI=1S/C17H35N2O7P/c1-12(2)25-19-13(3)9-10-18-15(21)14(20)17(7,8)11-24-27(22,23)26-16(4,5)6/h12,14,20H,9-11H2,1-8H3,(H,18,21)(H,22,23)/b19-13+/t14-/m0/s1. The third-order valence-corrected chi connectivity index (χ3v) is 4.42. The molecule has 0 aromatic rings. The largest absolute Gasteiger partial charge is 0.472 e. The van der Waals surface area contributed by atoms with Crippen LogP contribution in [-0.4, -0.2) is 52.6 Å². The fraction of sp³-hybridized carbons (Fsp3) is 0.882. The zero-order valence-electron chi connectivity index (χ0n) is 17.6. The van der Waals surface area contributed by atoms with E-state index in [1.165, 1.54) is 0 Å². The Labute approximate surface area is 162 Å². The summed E-state index contributed by atoms with van der Waals surface area (Å²) in [4.78, 5) is 27.0. The number of nitrogens with zero attached hydrogens (tertiary/aromatic N) is 1. The van der Waals surface area contributed by atoms with Crippen LogP contribution in [0.4, 0.5) is 0 Å². The lowest BCUT2D eigenvalue weighted by Crippen LogP contribution is -2.46. The van der Waals surface area contributed by atoms with E-state index >= 15 is 0 Å². The van der Waals surface area contributed by atoms with Crippen LogP contribution in [0.3, 0.4) is 0 Å². The van der Waals surface area contributed by atoms with Gasteiger partial charge in [0, 0.05) is 18.4 Å². The number of carbonyl (C=O) groups is 1. The molecule has 0 aromatic carbocycles. The molecule has 0 aliphatic heterocycles. The summed E-state index contributed by atoms with van der Waals surface area (Å²) in [6, 6.07) is 0. The minimum atomic E-state index is -4.30. The summed E-state index contributed by atoms with van der Waals surface area (Å²) in [6.45, 7) is 13.4. The lowest BCUT2D eigenvalue weighted by molar-refractivity contribution is -0.137. The number of rotatable bonds is 11. The molecule has 0 spiro atoms. The van der Waals surface area contributed by atoms with Gasteiger partial charge in [0.2, 0.25) is 5.91 Å². The molecule has 9 nitrogen and oxygen atoms in total. The van der Waals surface area contributed by atoms with E-state index in [0.717, 1.165) is 0 Å². The van der Waals surface area contributed by atoms with Crippen molar-refractivity contribution in [2.45, 2.75) is 79.6 Å². The number of nitrogens with one attached hydrogen (secondary N) is 1. The first-order valence-electron chi connectivity index (χ1n) is 8.89. The summed E-state index contributed by atoms with van der Waals surface area (Å²) in [5.74, 6) is -0.606. The number of hydrogen-bond donors (Lipinski definition) is 3. The van der Waals surface area contributed by atoms with Gasteiger partial charge in [-0.3, -0.25) is 13.8 Å². The molecule has 0 aromatic heterocycles. The Morgan fingerprint density at radius 1 is 1.22 bits per heavy atom. The second kappa shape index (κ2) is 10.5. The molecule has 2 atom stereocenters. The number of aliphatic hydroxyl groups is 1. The van der Waals surface area contributed by atoms with Crippen LogP contribution in [0.2, 0.25) is 0 Å². The summed E-state index contributed by atoms with van der Waals surface area (Å²) >= 11 is 0. The van der Waals surface area contributed by atoms with E-state index in [0.29, 0.717) is 12.1 Å². The van der Waals surface area contributed by atoms with Crippen molar-refractivity contribution < 1.29 is 33.2 Å². The van der Waals surface area contributed by atoms with Gasteiger partial charge >= 0.3 is 7.82 Å². The minimum Gasteiger partial charge on any atom is -0.393 e. The zero-order chi connectivity index (χ0) is 21.5. The molecule has 1 amide bonds. The first kappa shape index (κ1) is 26.0. The van der Waals surface area contributed by atoms with E-state index < -0.39 is 30.8 Å². The van der Waals surface area contributed by atoms with Gasteiger partial charge in [0.15, 0.2) is 0 Å². The molecular weight excluding hydrogens is 375 g/mol. The second-order valence-corrected chi connectivity index (χ2v) is 9.74. The summed E-state index contributed by atoms with van der Waals surface area (Å²) in [5.41, 5.74) is -1.27. The Bertz CT molecular complexity index is 556. The zero-order valence-corrected chi connectivity index (χ0v) is 18.5. The molecule has 0 saturated heterocycles. The normalized spacial score (nSPS) is 16.8. The van der Waals surface area contributed by atoms with Gasteiger partial charge in [-0.2, -0.15) is 0 Å². The molecule has 0 radical (unpaired) electrons. The van der Waals surface area contributed by atoms with Gasteiger partial charge in [0.1, 0.15) is 12.2 Å². The summed E-state index contributed by atoms with van der Waals surface area (Å²) in [7, 11) is -4.30. The highest BCUT2D eigenvalue weighted by Gasteiger charge is 2.37. The molecule has 0 saturated carbocycles. The molecule has 0 aliphatic carbocycles. The van der Waals surface area contributed by atoms with Crippen molar-refractivity contribution in [1.29, 1.82) is 0 Å². The number of amides is 1. The predicted molar refractivity (Wildman–Crippen MR) is 103 cm³/mol. The SMILES string of the molecule is C/C(CCNC(=O)[C@H](O)C(C)(C)COP(=O)(O)OC(C)(C)C)=N\OC(C)C. The van der Waals surface area contributed by atoms with E-state index in [1.54, 1.807) is 41.5 Å². The average Bonchev–Trinajstić information content (AvgIpc) is 2.48. The van der Waals surface area contributed by atoms with Crippen molar-refractivity contribution in [2.24, 2.45) is 10.6 Å². The Morgan fingerprint density at radius 2 is 1.78 bits per heavy atom. The average molecular weight is 410 g/mol. The van der Waals surface area contributed by atoms with Gasteiger partial charge in [-0.25, -0.2) is 4.57 Å². The van der Waals surface area contributed by atoms with Crippen LogP contribution < -0.4 is 5.32 Å². The topological polar surface area (TPSA) is 127 Å². The monoisotopic (exact) mass is 410 g/mol. The van der Waals surface area contributed by atoms with E-state index in [1.807, 2.05) is 13.8 Å². The lowest BCUT2D eigenvalue weighted by atomic mass is 9.87. The van der Waals surface area contributed by atoms with Crippen molar-refractivity contribution in [1.82, 2.24) is 5.32 Å². The van der Waals surface area contributed by atoms with E-state index in [4.69, 9.17) is 13.9 Å². The van der Waals surface area contributed by atoms with E-state index in [9.17, 15) is 19.4 Å². The van der Waals surface area contributed by atoms with Crippen LogP contribution in [0.25, 0.3) is 0 Å². The Kier molecular flexibility index (Phi) is 10.1. The fourth-order valence-corrected chi connectivity index (χ4v) is 3.00. The Hall–Kier alpha value is -0.990. The molecule has 0 rings (SSSR count). The third-order valence-electron chi connectivity index (χ3n) is 3.18.